The quantitative estimate of drug-likeness (QED) is 0.0320. The molecule has 2 unspecified atom stereocenters. The molecule has 0 radical (unpaired) electrons. The number of hydrogen-bond acceptors (Lipinski definition) is 5. The monoisotopic (exact) mass is 1280 g/mol. The molecule has 0 aromatic heterocycles. The van der Waals surface area contributed by atoms with Crippen LogP contribution in [0.25, 0.3) is 0 Å². The van der Waals surface area contributed by atoms with Crippen molar-refractivity contribution in [3.63, 3.8) is 0 Å². The van der Waals surface area contributed by atoms with Gasteiger partial charge in [0.2, 0.25) is 5.91 Å². The van der Waals surface area contributed by atoms with E-state index in [1.165, 1.54) is 405 Å². The summed E-state index contributed by atoms with van der Waals surface area (Å²) in [7, 11) is 0. The third kappa shape index (κ3) is 77.2. The van der Waals surface area contributed by atoms with Crippen LogP contribution in [-0.2, 0) is 14.3 Å². The summed E-state index contributed by atoms with van der Waals surface area (Å²) < 4.78 is 5.48. The van der Waals surface area contributed by atoms with E-state index in [-0.39, 0.29) is 18.5 Å². The molecule has 0 spiro atoms. The van der Waals surface area contributed by atoms with Gasteiger partial charge in [-0.1, -0.05) is 423 Å². The zero-order valence-electron chi connectivity index (χ0n) is 62.1. The number of carbonyl (C=O) groups is 2. The van der Waals surface area contributed by atoms with Crippen LogP contribution in [0.15, 0.2) is 24.3 Å². The highest BCUT2D eigenvalue weighted by Crippen LogP contribution is 2.21. The van der Waals surface area contributed by atoms with Crippen molar-refractivity contribution in [2.24, 2.45) is 0 Å². The van der Waals surface area contributed by atoms with E-state index in [0.29, 0.717) is 25.9 Å². The minimum Gasteiger partial charge on any atom is -0.466 e. The van der Waals surface area contributed by atoms with Crippen LogP contribution in [0.1, 0.15) is 483 Å². The average Bonchev–Trinajstić information content (AvgIpc) is 3.68. The van der Waals surface area contributed by atoms with Crippen LogP contribution in [0.3, 0.4) is 0 Å². The Hall–Kier alpha value is -1.66. The van der Waals surface area contributed by atoms with Crippen LogP contribution in [0, 0.1) is 0 Å². The third-order valence-corrected chi connectivity index (χ3v) is 20.0. The Labute approximate surface area is 571 Å². The van der Waals surface area contributed by atoms with Gasteiger partial charge in [0, 0.05) is 12.8 Å². The van der Waals surface area contributed by atoms with Crippen LogP contribution in [0.2, 0.25) is 0 Å². The SMILES string of the molecule is CCCC/C=C\CCCCCCCC(=O)OCCCCCCCCCCCCCCCCCCCC/C=C\CCCCCCCCCCCCCCCCCCCC(=O)NC(CO)C(O)CCCCCCCCCCCCCCCCCCCCCCCCCC. The molecule has 6 nitrogen and oxygen atoms in total. The molecule has 0 heterocycles. The molecular weight excluding hydrogens is 1110 g/mol. The molecule has 0 aliphatic rings. The van der Waals surface area contributed by atoms with Gasteiger partial charge in [0.15, 0.2) is 0 Å². The second kappa shape index (κ2) is 80.8. The summed E-state index contributed by atoms with van der Waals surface area (Å²) >= 11 is 0. The Kier molecular flexibility index (Phi) is 79.3. The summed E-state index contributed by atoms with van der Waals surface area (Å²) in [6.07, 6.45) is 105. The van der Waals surface area contributed by atoms with Crippen LogP contribution in [0.5, 0.6) is 0 Å². The third-order valence-electron chi connectivity index (χ3n) is 20.0. The highest BCUT2D eigenvalue weighted by Gasteiger charge is 2.20. The van der Waals surface area contributed by atoms with E-state index < -0.39 is 12.1 Å². The molecule has 540 valence electrons. The molecule has 0 aliphatic carbocycles. The smallest absolute Gasteiger partial charge is 0.305 e. The molecular formula is C85H165NO5. The van der Waals surface area contributed by atoms with Crippen LogP contribution < -0.4 is 5.32 Å². The van der Waals surface area contributed by atoms with Crippen LogP contribution in [0.4, 0.5) is 0 Å². The largest absolute Gasteiger partial charge is 0.466 e. The molecule has 3 N–H and O–H groups in total. The lowest BCUT2D eigenvalue weighted by Crippen LogP contribution is -2.45. The van der Waals surface area contributed by atoms with Crippen molar-refractivity contribution in [1.82, 2.24) is 5.32 Å². The van der Waals surface area contributed by atoms with Gasteiger partial charge in [-0.2, -0.15) is 0 Å². The zero-order chi connectivity index (χ0) is 65.6. The summed E-state index contributed by atoms with van der Waals surface area (Å²) in [6.45, 7) is 4.97. The number of amides is 1. The molecule has 0 saturated carbocycles. The molecule has 0 rings (SSSR count). The van der Waals surface area contributed by atoms with Gasteiger partial charge in [-0.15, -0.1) is 0 Å². The molecule has 1 amide bonds. The average molecular weight is 1280 g/mol. The number of ether oxygens (including phenoxy) is 1. The first-order valence-corrected chi connectivity index (χ1v) is 42.1. The van der Waals surface area contributed by atoms with Gasteiger partial charge >= 0.3 is 5.97 Å². The fourth-order valence-corrected chi connectivity index (χ4v) is 13.6. The van der Waals surface area contributed by atoms with Crippen LogP contribution >= 0.6 is 0 Å². The van der Waals surface area contributed by atoms with E-state index in [4.69, 9.17) is 4.74 Å². The maximum atomic E-state index is 12.6. The van der Waals surface area contributed by atoms with Crippen molar-refractivity contribution in [2.75, 3.05) is 13.2 Å². The van der Waals surface area contributed by atoms with Crippen molar-refractivity contribution >= 4 is 11.9 Å². The number of nitrogens with one attached hydrogen (secondary N) is 1. The maximum absolute atomic E-state index is 12.6. The molecule has 0 aromatic rings. The standard InChI is InChI=1S/C85H165NO5/c1-3-5-7-9-11-13-15-16-17-18-19-20-21-39-42-45-48-51-54-58-61-65-69-73-77-83(88)82(81-87)86-84(89)78-74-70-66-62-59-55-52-49-46-43-40-37-35-33-31-29-27-25-23-22-24-26-28-30-32-34-36-38-41-44-47-50-53-56-60-64-68-72-76-80-91-85(90)79-75-71-67-63-57-14-12-10-8-6-4-2/h10,12,22-23,82-83,87-88H,3-9,11,13-21,24-81H2,1-2H3,(H,86,89)/b12-10-,23-22-. The van der Waals surface area contributed by atoms with E-state index in [2.05, 4.69) is 43.5 Å². The number of rotatable bonds is 80. The van der Waals surface area contributed by atoms with Gasteiger partial charge in [0.1, 0.15) is 0 Å². The normalized spacial score (nSPS) is 12.5. The number of esters is 1. The van der Waals surface area contributed by atoms with E-state index in [1.54, 1.807) is 0 Å². The summed E-state index contributed by atoms with van der Waals surface area (Å²) in [4.78, 5) is 24.6. The number of hydrogen-bond donors (Lipinski definition) is 3. The van der Waals surface area contributed by atoms with Crippen molar-refractivity contribution in [3.05, 3.63) is 24.3 Å². The number of carbonyl (C=O) groups excluding carboxylic acids is 2. The molecule has 91 heavy (non-hydrogen) atoms. The summed E-state index contributed by atoms with van der Waals surface area (Å²) in [5.74, 6) is -0.0122. The van der Waals surface area contributed by atoms with Crippen molar-refractivity contribution in [2.45, 2.75) is 495 Å². The lowest BCUT2D eigenvalue weighted by molar-refractivity contribution is -0.143. The van der Waals surface area contributed by atoms with Gasteiger partial charge in [-0.3, -0.25) is 9.59 Å². The Morgan fingerprint density at radius 3 is 0.813 bits per heavy atom. The molecule has 0 fully saturated rings. The van der Waals surface area contributed by atoms with Gasteiger partial charge < -0.3 is 20.3 Å². The maximum Gasteiger partial charge on any atom is 0.305 e. The van der Waals surface area contributed by atoms with Crippen molar-refractivity contribution < 1.29 is 24.5 Å². The van der Waals surface area contributed by atoms with Gasteiger partial charge in [-0.25, -0.2) is 0 Å². The Morgan fingerprint density at radius 2 is 0.527 bits per heavy atom. The number of aliphatic hydroxyl groups excluding tert-OH is 2. The topological polar surface area (TPSA) is 95.9 Å². The minimum atomic E-state index is -0.663. The first-order chi connectivity index (χ1) is 45.0. The fourth-order valence-electron chi connectivity index (χ4n) is 13.6. The second-order valence-electron chi connectivity index (χ2n) is 29.2. The van der Waals surface area contributed by atoms with E-state index in [1.807, 2.05) is 0 Å². The predicted octanol–water partition coefficient (Wildman–Crippen LogP) is 28.0. The summed E-state index contributed by atoms with van der Waals surface area (Å²) in [6, 6.07) is -0.539. The number of allylic oxidation sites excluding steroid dienone is 4. The van der Waals surface area contributed by atoms with E-state index >= 15 is 0 Å². The van der Waals surface area contributed by atoms with Gasteiger partial charge in [-0.05, 0) is 70.6 Å². The molecule has 0 aromatic carbocycles. The molecule has 0 bridgehead atoms. The first-order valence-electron chi connectivity index (χ1n) is 42.1. The van der Waals surface area contributed by atoms with Crippen molar-refractivity contribution in [1.29, 1.82) is 0 Å². The second-order valence-corrected chi connectivity index (χ2v) is 29.2. The fraction of sp³-hybridized carbons (Fsp3) is 0.929. The first kappa shape index (κ1) is 89.3. The summed E-state index contributed by atoms with van der Waals surface area (Å²) in [5, 5.41) is 23.5. The van der Waals surface area contributed by atoms with E-state index in [0.717, 1.165) is 44.9 Å². The number of aliphatic hydroxyl groups is 2. The molecule has 0 aliphatic heterocycles. The highest BCUT2D eigenvalue weighted by molar-refractivity contribution is 5.76. The minimum absolute atomic E-state index is 0.0122. The predicted molar refractivity (Wildman–Crippen MR) is 403 cm³/mol. The lowest BCUT2D eigenvalue weighted by atomic mass is 10.0. The van der Waals surface area contributed by atoms with Crippen molar-refractivity contribution in [3.8, 4) is 0 Å². The number of unbranched alkanes of at least 4 members (excludes halogenated alkanes) is 65. The zero-order valence-corrected chi connectivity index (χ0v) is 62.1. The Balaban J connectivity index is 3.33. The Morgan fingerprint density at radius 1 is 0.297 bits per heavy atom. The van der Waals surface area contributed by atoms with Gasteiger partial charge in [0.25, 0.3) is 0 Å². The van der Waals surface area contributed by atoms with E-state index in [9.17, 15) is 19.8 Å². The molecule has 2 atom stereocenters. The molecule has 0 saturated heterocycles. The van der Waals surface area contributed by atoms with Gasteiger partial charge in [0.05, 0.1) is 25.4 Å². The molecule has 6 heteroatoms. The summed E-state index contributed by atoms with van der Waals surface area (Å²) in [5.41, 5.74) is 0. The Bertz CT molecular complexity index is 1430. The van der Waals surface area contributed by atoms with Crippen LogP contribution in [-0.4, -0.2) is 47.4 Å². The highest BCUT2D eigenvalue weighted by atomic mass is 16.5. The lowest BCUT2D eigenvalue weighted by Gasteiger charge is -2.22.